The highest BCUT2D eigenvalue weighted by Crippen LogP contribution is 2.11. The van der Waals surface area contributed by atoms with Crippen molar-refractivity contribution in [2.45, 2.75) is 6.54 Å². The molecule has 1 aliphatic heterocycles. The lowest BCUT2D eigenvalue weighted by atomic mass is 10.2. The lowest BCUT2D eigenvalue weighted by Crippen LogP contribution is -2.53. The first-order valence-corrected chi connectivity index (χ1v) is 6.54. The van der Waals surface area contributed by atoms with E-state index >= 15 is 0 Å². The molecule has 1 aliphatic rings. The maximum absolute atomic E-state index is 13.1. The maximum Gasteiger partial charge on any atom is 0.242 e. The molecule has 0 saturated carbocycles. The molecule has 116 valence electrons. The highest BCUT2D eigenvalue weighted by Gasteiger charge is 2.26. The SMILES string of the molecule is CNCC(=O)N1CCN(Cc2cccc(F)c2)C(=O)C1.Cl. The summed E-state index contributed by atoms with van der Waals surface area (Å²) in [5.41, 5.74) is 0.758. The van der Waals surface area contributed by atoms with E-state index in [0.29, 0.717) is 19.6 Å². The van der Waals surface area contributed by atoms with E-state index < -0.39 is 0 Å². The zero-order chi connectivity index (χ0) is 14.5. The first-order chi connectivity index (χ1) is 9.60. The molecule has 2 amide bonds. The van der Waals surface area contributed by atoms with E-state index in [1.165, 1.54) is 12.1 Å². The molecule has 0 spiro atoms. The molecule has 1 saturated heterocycles. The number of likely N-dealkylation sites (N-methyl/N-ethyl adjacent to an activating group) is 1. The van der Waals surface area contributed by atoms with E-state index in [9.17, 15) is 14.0 Å². The van der Waals surface area contributed by atoms with Crippen LogP contribution in [0, 0.1) is 5.82 Å². The second kappa shape index (κ2) is 7.95. The summed E-state index contributed by atoms with van der Waals surface area (Å²) in [5.74, 6) is -0.492. The van der Waals surface area contributed by atoms with Crippen LogP contribution in [0.5, 0.6) is 0 Å². The third kappa shape index (κ3) is 4.68. The number of piperazine rings is 1. The fourth-order valence-corrected chi connectivity index (χ4v) is 2.21. The molecule has 5 nitrogen and oxygen atoms in total. The van der Waals surface area contributed by atoms with Gasteiger partial charge in [0.1, 0.15) is 5.82 Å². The zero-order valence-electron chi connectivity index (χ0n) is 11.8. The number of halogens is 2. The number of carbonyl (C=O) groups excluding carboxylic acids is 2. The van der Waals surface area contributed by atoms with E-state index in [0.717, 1.165) is 5.56 Å². The average Bonchev–Trinajstić information content (AvgIpc) is 2.41. The van der Waals surface area contributed by atoms with E-state index in [4.69, 9.17) is 0 Å². The van der Waals surface area contributed by atoms with Gasteiger partial charge >= 0.3 is 0 Å². The number of amides is 2. The molecule has 0 aliphatic carbocycles. The van der Waals surface area contributed by atoms with Gasteiger partial charge in [-0.25, -0.2) is 4.39 Å². The van der Waals surface area contributed by atoms with Crippen molar-refractivity contribution >= 4 is 24.2 Å². The molecule has 21 heavy (non-hydrogen) atoms. The van der Waals surface area contributed by atoms with E-state index in [1.54, 1.807) is 29.0 Å². The first kappa shape index (κ1) is 17.4. The van der Waals surface area contributed by atoms with Crippen LogP contribution in [0.3, 0.4) is 0 Å². The number of nitrogens with zero attached hydrogens (tertiary/aromatic N) is 2. The predicted molar refractivity (Wildman–Crippen MR) is 79.6 cm³/mol. The minimum atomic E-state index is -0.308. The minimum Gasteiger partial charge on any atom is -0.335 e. The quantitative estimate of drug-likeness (QED) is 0.887. The highest BCUT2D eigenvalue weighted by molar-refractivity contribution is 5.86. The van der Waals surface area contributed by atoms with Gasteiger partial charge in [-0.15, -0.1) is 12.4 Å². The summed E-state index contributed by atoms with van der Waals surface area (Å²) >= 11 is 0. The molecule has 0 radical (unpaired) electrons. The summed E-state index contributed by atoms with van der Waals surface area (Å²) < 4.78 is 13.1. The molecule has 0 atom stereocenters. The zero-order valence-corrected chi connectivity index (χ0v) is 12.7. The van der Waals surface area contributed by atoms with Crippen LogP contribution in [0.2, 0.25) is 0 Å². The van der Waals surface area contributed by atoms with Crippen molar-refractivity contribution in [2.75, 3.05) is 33.2 Å². The van der Waals surface area contributed by atoms with Crippen molar-refractivity contribution in [2.24, 2.45) is 0 Å². The van der Waals surface area contributed by atoms with Crippen LogP contribution < -0.4 is 5.32 Å². The Morgan fingerprint density at radius 3 is 2.76 bits per heavy atom. The minimum absolute atomic E-state index is 0. The summed E-state index contributed by atoms with van der Waals surface area (Å²) in [6.45, 7) is 1.70. The van der Waals surface area contributed by atoms with Crippen molar-refractivity contribution in [3.8, 4) is 0 Å². The Morgan fingerprint density at radius 2 is 2.14 bits per heavy atom. The van der Waals surface area contributed by atoms with E-state index in [2.05, 4.69) is 5.32 Å². The van der Waals surface area contributed by atoms with Crippen molar-refractivity contribution < 1.29 is 14.0 Å². The van der Waals surface area contributed by atoms with Crippen molar-refractivity contribution in [1.82, 2.24) is 15.1 Å². The van der Waals surface area contributed by atoms with Crippen LogP contribution in [0.4, 0.5) is 4.39 Å². The van der Waals surface area contributed by atoms with Crippen LogP contribution in [-0.4, -0.2) is 54.8 Å². The molecule has 0 aromatic heterocycles. The van der Waals surface area contributed by atoms with Crippen LogP contribution >= 0.6 is 12.4 Å². The van der Waals surface area contributed by atoms with Crippen LogP contribution in [0.25, 0.3) is 0 Å². The summed E-state index contributed by atoms with van der Waals surface area (Å²) in [5, 5.41) is 2.78. The average molecular weight is 316 g/mol. The Morgan fingerprint density at radius 1 is 1.38 bits per heavy atom. The van der Waals surface area contributed by atoms with Gasteiger partial charge in [-0.05, 0) is 24.7 Å². The monoisotopic (exact) mass is 315 g/mol. The normalized spacial score (nSPS) is 14.9. The van der Waals surface area contributed by atoms with Gasteiger partial charge in [0.15, 0.2) is 0 Å². The number of hydrogen-bond acceptors (Lipinski definition) is 3. The second-order valence-corrected chi connectivity index (χ2v) is 4.79. The molecule has 1 N–H and O–H groups in total. The van der Waals surface area contributed by atoms with Gasteiger partial charge in [0.05, 0.1) is 13.1 Å². The van der Waals surface area contributed by atoms with Crippen molar-refractivity contribution in [3.63, 3.8) is 0 Å². The first-order valence-electron chi connectivity index (χ1n) is 6.54. The van der Waals surface area contributed by atoms with Gasteiger partial charge in [0.25, 0.3) is 0 Å². The van der Waals surface area contributed by atoms with Crippen LogP contribution in [0.1, 0.15) is 5.56 Å². The molecule has 1 heterocycles. The largest absolute Gasteiger partial charge is 0.335 e. The molecule has 1 fully saturated rings. The Bertz CT molecular complexity index is 513. The van der Waals surface area contributed by atoms with Gasteiger partial charge < -0.3 is 15.1 Å². The molecular weight excluding hydrogens is 297 g/mol. The Kier molecular flexibility index (Phi) is 6.58. The Hall–Kier alpha value is -1.66. The Labute approximate surface area is 129 Å². The number of hydrogen-bond donors (Lipinski definition) is 1. The van der Waals surface area contributed by atoms with Crippen molar-refractivity contribution in [3.05, 3.63) is 35.6 Å². The Balaban J connectivity index is 0.00000220. The van der Waals surface area contributed by atoms with E-state index in [-0.39, 0.29) is 43.1 Å². The molecule has 7 heteroatoms. The highest BCUT2D eigenvalue weighted by atomic mass is 35.5. The standard InChI is InChI=1S/C14H18FN3O2.ClH/c1-16-8-13(19)18-6-5-17(14(20)10-18)9-11-3-2-4-12(15)7-11;/h2-4,7,16H,5-6,8-10H2,1H3;1H. The fraction of sp³-hybridized carbons (Fsp3) is 0.429. The van der Waals surface area contributed by atoms with Crippen LogP contribution in [0.15, 0.2) is 24.3 Å². The summed E-state index contributed by atoms with van der Waals surface area (Å²) in [6.07, 6.45) is 0. The molecule has 1 aromatic rings. The molecular formula is C14H19ClFN3O2. The third-order valence-corrected chi connectivity index (χ3v) is 3.26. The molecule has 0 unspecified atom stereocenters. The predicted octanol–water partition coefficient (Wildman–Crippen LogP) is 0.638. The lowest BCUT2D eigenvalue weighted by molar-refractivity contribution is -0.145. The van der Waals surface area contributed by atoms with Gasteiger partial charge in [-0.2, -0.15) is 0 Å². The molecule has 0 bridgehead atoms. The summed E-state index contributed by atoms with van der Waals surface area (Å²) in [7, 11) is 1.69. The number of nitrogens with one attached hydrogen (secondary N) is 1. The van der Waals surface area contributed by atoms with Gasteiger partial charge in [0, 0.05) is 19.6 Å². The number of rotatable bonds is 4. The molecule has 1 aromatic carbocycles. The summed E-state index contributed by atoms with van der Waals surface area (Å²) in [6, 6.07) is 6.21. The number of carbonyl (C=O) groups is 2. The third-order valence-electron chi connectivity index (χ3n) is 3.26. The smallest absolute Gasteiger partial charge is 0.242 e. The van der Waals surface area contributed by atoms with Crippen molar-refractivity contribution in [1.29, 1.82) is 0 Å². The van der Waals surface area contributed by atoms with Gasteiger partial charge in [-0.3, -0.25) is 9.59 Å². The van der Waals surface area contributed by atoms with Gasteiger partial charge in [-0.1, -0.05) is 12.1 Å². The van der Waals surface area contributed by atoms with E-state index in [1.807, 2.05) is 0 Å². The van der Waals surface area contributed by atoms with Crippen LogP contribution in [-0.2, 0) is 16.1 Å². The lowest BCUT2D eigenvalue weighted by Gasteiger charge is -2.34. The summed E-state index contributed by atoms with van der Waals surface area (Å²) in [4.78, 5) is 26.9. The second-order valence-electron chi connectivity index (χ2n) is 4.79. The fourth-order valence-electron chi connectivity index (χ4n) is 2.21. The molecule has 2 rings (SSSR count). The maximum atomic E-state index is 13.1. The topological polar surface area (TPSA) is 52.7 Å². The van der Waals surface area contributed by atoms with Gasteiger partial charge in [0.2, 0.25) is 11.8 Å². The number of benzene rings is 1.